The number of carbonyl (C=O) groups is 1. The first-order chi connectivity index (χ1) is 9.52. The van der Waals surface area contributed by atoms with Gasteiger partial charge in [-0.1, -0.05) is 0 Å². The Morgan fingerprint density at radius 3 is 2.55 bits per heavy atom. The van der Waals surface area contributed by atoms with E-state index in [1.165, 1.54) is 19.2 Å². The molecule has 20 heavy (non-hydrogen) atoms. The number of nitro groups is 1. The lowest BCUT2D eigenvalue weighted by Gasteiger charge is -2.12. The Morgan fingerprint density at radius 1 is 1.40 bits per heavy atom. The third-order valence-corrected chi connectivity index (χ3v) is 2.62. The molecule has 0 bridgehead atoms. The second-order valence-corrected chi connectivity index (χ2v) is 3.82. The lowest BCUT2D eigenvalue weighted by atomic mass is 10.2. The number of ether oxygens (including phenoxy) is 1. The van der Waals surface area contributed by atoms with Crippen LogP contribution in [0.1, 0.15) is 0 Å². The summed E-state index contributed by atoms with van der Waals surface area (Å²) in [7, 11) is 1.40. The van der Waals surface area contributed by atoms with Crippen molar-refractivity contribution in [3.8, 4) is 11.4 Å². The minimum Gasteiger partial charge on any atom is -0.494 e. The molecular weight excluding hydrogens is 266 g/mol. The molecule has 0 fully saturated rings. The molecule has 0 aliphatic rings. The van der Waals surface area contributed by atoms with Gasteiger partial charge in [0, 0.05) is 24.5 Å². The summed E-state index contributed by atoms with van der Waals surface area (Å²) < 4.78 is 6.79. The van der Waals surface area contributed by atoms with Crippen LogP contribution in [0, 0.1) is 10.1 Å². The Labute approximate surface area is 113 Å². The first-order valence-electron chi connectivity index (χ1n) is 5.52. The molecule has 2 N–H and O–H groups in total. The summed E-state index contributed by atoms with van der Waals surface area (Å²) in [5.41, 5.74) is -0.0488. The predicted molar refractivity (Wildman–Crippen MR) is 70.6 cm³/mol. The van der Waals surface area contributed by atoms with Crippen LogP contribution < -0.4 is 10.1 Å². The van der Waals surface area contributed by atoms with E-state index in [-0.39, 0.29) is 11.4 Å². The lowest BCUT2D eigenvalue weighted by Crippen LogP contribution is -2.10. The third-order valence-electron chi connectivity index (χ3n) is 2.62. The lowest BCUT2D eigenvalue weighted by molar-refractivity contribution is -0.383. The number of aromatic nitrogens is 1. The van der Waals surface area contributed by atoms with E-state index in [1.807, 2.05) is 5.32 Å². The molecular formula is C12H11N3O5. The molecule has 1 amide bonds. The van der Waals surface area contributed by atoms with Gasteiger partial charge in [0.15, 0.2) is 0 Å². The van der Waals surface area contributed by atoms with Crippen molar-refractivity contribution in [3.05, 3.63) is 46.8 Å². The number of rotatable bonds is 4. The number of anilines is 1. The fraction of sp³-hybridized carbons (Fsp3) is 0.0833. The van der Waals surface area contributed by atoms with E-state index in [0.717, 1.165) is 0 Å². The quantitative estimate of drug-likeness (QED) is 0.659. The molecule has 2 rings (SSSR count). The highest BCUT2D eigenvalue weighted by Crippen LogP contribution is 2.35. The van der Waals surface area contributed by atoms with Crippen molar-refractivity contribution in [2.75, 3.05) is 12.4 Å². The van der Waals surface area contributed by atoms with Crippen LogP contribution in [0.3, 0.4) is 0 Å². The molecule has 1 aromatic carbocycles. The normalized spacial score (nSPS) is 10.1. The van der Waals surface area contributed by atoms with Gasteiger partial charge in [-0.05, 0) is 12.1 Å². The summed E-state index contributed by atoms with van der Waals surface area (Å²) in [5.74, 6) is 0.315. The highest BCUT2D eigenvalue weighted by molar-refractivity contribution is 5.87. The van der Waals surface area contributed by atoms with E-state index in [1.54, 1.807) is 29.1 Å². The number of carboxylic acid groups (broad SMARTS) is 1. The number of amides is 1. The molecule has 0 saturated carbocycles. The summed E-state index contributed by atoms with van der Waals surface area (Å²) in [6.45, 7) is 0. The van der Waals surface area contributed by atoms with Crippen molar-refractivity contribution >= 4 is 17.5 Å². The molecule has 8 heteroatoms. The van der Waals surface area contributed by atoms with Gasteiger partial charge in [0.1, 0.15) is 11.4 Å². The van der Waals surface area contributed by atoms with E-state index in [4.69, 9.17) is 9.84 Å². The Morgan fingerprint density at radius 2 is 2.05 bits per heavy atom. The molecule has 0 aliphatic heterocycles. The van der Waals surface area contributed by atoms with Crippen molar-refractivity contribution < 1.29 is 19.6 Å². The maximum absolute atomic E-state index is 11.0. The monoisotopic (exact) mass is 277 g/mol. The largest absolute Gasteiger partial charge is 0.494 e. The Balaban J connectivity index is 2.62. The molecule has 8 nitrogen and oxygen atoms in total. The number of methoxy groups -OCH3 is 1. The van der Waals surface area contributed by atoms with Gasteiger partial charge in [0.25, 0.3) is 5.69 Å². The number of nitro benzene ring substituents is 1. The van der Waals surface area contributed by atoms with Gasteiger partial charge in [0.2, 0.25) is 0 Å². The fourth-order valence-corrected chi connectivity index (χ4v) is 1.78. The zero-order chi connectivity index (χ0) is 14.7. The summed E-state index contributed by atoms with van der Waals surface area (Å²) in [6.07, 6.45) is 2.02. The molecule has 0 unspecified atom stereocenters. The van der Waals surface area contributed by atoms with Gasteiger partial charge in [0.05, 0.1) is 17.7 Å². The third kappa shape index (κ3) is 2.53. The van der Waals surface area contributed by atoms with Crippen LogP contribution >= 0.6 is 0 Å². The molecule has 1 aromatic heterocycles. The van der Waals surface area contributed by atoms with Crippen LogP contribution in [0.25, 0.3) is 5.69 Å². The smallest absolute Gasteiger partial charge is 0.409 e. The molecule has 0 atom stereocenters. The highest BCUT2D eigenvalue weighted by atomic mass is 16.6. The average molecular weight is 277 g/mol. The number of hydrogen-bond donors (Lipinski definition) is 2. The summed E-state index contributed by atoms with van der Waals surface area (Å²) in [5, 5.41) is 21.7. The van der Waals surface area contributed by atoms with Gasteiger partial charge in [-0.2, -0.15) is 0 Å². The van der Waals surface area contributed by atoms with Gasteiger partial charge in [-0.25, -0.2) is 4.79 Å². The molecule has 0 saturated heterocycles. The van der Waals surface area contributed by atoms with Crippen molar-refractivity contribution in [2.45, 2.75) is 0 Å². The molecule has 0 aliphatic carbocycles. The molecule has 0 spiro atoms. The van der Waals surface area contributed by atoms with Crippen LogP contribution in [-0.4, -0.2) is 27.8 Å². The average Bonchev–Trinajstić information content (AvgIpc) is 2.90. The zero-order valence-corrected chi connectivity index (χ0v) is 10.4. The van der Waals surface area contributed by atoms with E-state index in [9.17, 15) is 14.9 Å². The van der Waals surface area contributed by atoms with E-state index in [2.05, 4.69) is 0 Å². The van der Waals surface area contributed by atoms with Crippen LogP contribution in [0.5, 0.6) is 5.75 Å². The number of benzene rings is 1. The van der Waals surface area contributed by atoms with Gasteiger partial charge < -0.3 is 14.4 Å². The topological polar surface area (TPSA) is 107 Å². The highest BCUT2D eigenvalue weighted by Gasteiger charge is 2.20. The minimum absolute atomic E-state index is 0.143. The molecule has 0 radical (unpaired) electrons. The Hall–Kier alpha value is -3.03. The van der Waals surface area contributed by atoms with E-state index < -0.39 is 11.0 Å². The molecule has 104 valence electrons. The first-order valence-corrected chi connectivity index (χ1v) is 5.52. The minimum atomic E-state index is -1.39. The van der Waals surface area contributed by atoms with Crippen LogP contribution in [0.15, 0.2) is 36.7 Å². The number of nitrogens with zero attached hydrogens (tertiary/aromatic N) is 2. The predicted octanol–water partition coefficient (Wildman–Crippen LogP) is 2.48. The van der Waals surface area contributed by atoms with Crippen molar-refractivity contribution in [1.82, 2.24) is 4.57 Å². The van der Waals surface area contributed by atoms with Gasteiger partial charge in [-0.3, -0.25) is 15.4 Å². The van der Waals surface area contributed by atoms with Crippen LogP contribution in [0.4, 0.5) is 16.2 Å². The maximum atomic E-state index is 11.0. The summed E-state index contributed by atoms with van der Waals surface area (Å²) in [4.78, 5) is 21.1. The Kier molecular flexibility index (Phi) is 3.56. The number of hydrogen-bond acceptors (Lipinski definition) is 4. The van der Waals surface area contributed by atoms with Crippen molar-refractivity contribution in [1.29, 1.82) is 0 Å². The second-order valence-electron chi connectivity index (χ2n) is 3.82. The molecule has 2 aromatic rings. The standard InChI is InChI=1S/C12H11N3O5/c1-20-11-6-8(13-12(16)17)9(15(18)19)7-10(11)14-4-2-3-5-14/h2-7,13H,1H3,(H,16,17). The summed E-state index contributed by atoms with van der Waals surface area (Å²) >= 11 is 0. The first kappa shape index (κ1) is 13.4. The van der Waals surface area contributed by atoms with Crippen LogP contribution in [0.2, 0.25) is 0 Å². The van der Waals surface area contributed by atoms with Crippen molar-refractivity contribution in [3.63, 3.8) is 0 Å². The summed E-state index contributed by atoms with van der Waals surface area (Å²) in [6, 6.07) is 6.05. The van der Waals surface area contributed by atoms with Gasteiger partial charge >= 0.3 is 6.09 Å². The van der Waals surface area contributed by atoms with Crippen molar-refractivity contribution in [2.24, 2.45) is 0 Å². The zero-order valence-electron chi connectivity index (χ0n) is 10.4. The Bertz CT molecular complexity index is 651. The fourth-order valence-electron chi connectivity index (χ4n) is 1.78. The second kappa shape index (κ2) is 5.31. The maximum Gasteiger partial charge on any atom is 0.409 e. The molecule has 1 heterocycles. The van der Waals surface area contributed by atoms with Crippen LogP contribution in [-0.2, 0) is 0 Å². The SMILES string of the molecule is COc1cc(NC(=O)O)c([N+](=O)[O-])cc1-n1cccc1. The van der Waals surface area contributed by atoms with E-state index >= 15 is 0 Å². The van der Waals surface area contributed by atoms with E-state index in [0.29, 0.717) is 11.4 Å². The van der Waals surface area contributed by atoms with Gasteiger partial charge in [-0.15, -0.1) is 0 Å². The number of nitrogens with one attached hydrogen (secondary N) is 1.